The first-order chi connectivity index (χ1) is 9.24. The molecule has 1 N–H and O–H groups in total. The van der Waals surface area contributed by atoms with E-state index in [1.807, 2.05) is 18.2 Å². The molecule has 19 heavy (non-hydrogen) atoms. The maximum Gasteiger partial charge on any atom is 0.193 e. The second-order valence-electron chi connectivity index (χ2n) is 4.74. The molecule has 0 bridgehead atoms. The van der Waals surface area contributed by atoms with E-state index in [1.54, 1.807) is 24.3 Å². The molecule has 0 saturated carbocycles. The second kappa shape index (κ2) is 5.06. The quantitative estimate of drug-likeness (QED) is 0.839. The van der Waals surface area contributed by atoms with Crippen molar-refractivity contribution in [2.24, 2.45) is 0 Å². The van der Waals surface area contributed by atoms with Crippen molar-refractivity contribution < 1.29 is 4.79 Å². The number of ketones is 1. The number of nitrogens with one attached hydrogen (secondary N) is 1. The van der Waals surface area contributed by atoms with Gasteiger partial charge in [0.05, 0.1) is 0 Å². The molecule has 2 nitrogen and oxygen atoms in total. The Balaban J connectivity index is 1.93. The van der Waals surface area contributed by atoms with Crippen LogP contribution in [0.4, 0.5) is 5.69 Å². The van der Waals surface area contributed by atoms with E-state index in [4.69, 9.17) is 11.6 Å². The minimum atomic E-state index is 0.0463. The lowest BCUT2D eigenvalue weighted by Crippen LogP contribution is -2.12. The van der Waals surface area contributed by atoms with E-state index >= 15 is 0 Å². The number of carbonyl (C=O) groups is 1. The number of hydrogen-bond donors (Lipinski definition) is 1. The van der Waals surface area contributed by atoms with Crippen molar-refractivity contribution in [3.8, 4) is 0 Å². The van der Waals surface area contributed by atoms with Crippen LogP contribution in [0.15, 0.2) is 42.5 Å². The van der Waals surface area contributed by atoms with Crippen LogP contribution < -0.4 is 5.32 Å². The summed E-state index contributed by atoms with van der Waals surface area (Å²) in [6.45, 7) is 1.01. The van der Waals surface area contributed by atoms with Gasteiger partial charge in [0.2, 0.25) is 0 Å². The van der Waals surface area contributed by atoms with Crippen molar-refractivity contribution in [1.29, 1.82) is 0 Å². The van der Waals surface area contributed by atoms with Crippen molar-refractivity contribution in [3.05, 3.63) is 64.2 Å². The number of hydrogen-bond acceptors (Lipinski definition) is 2. The Kier molecular flexibility index (Phi) is 3.26. The smallest absolute Gasteiger partial charge is 0.193 e. The minimum Gasteiger partial charge on any atom is -0.385 e. The number of rotatable bonds is 2. The summed E-state index contributed by atoms with van der Waals surface area (Å²) in [4.78, 5) is 12.4. The van der Waals surface area contributed by atoms with Gasteiger partial charge in [0.1, 0.15) is 0 Å². The van der Waals surface area contributed by atoms with Crippen molar-refractivity contribution in [2.45, 2.75) is 12.8 Å². The third-order valence-corrected chi connectivity index (χ3v) is 3.66. The first-order valence-electron chi connectivity index (χ1n) is 6.41. The first kappa shape index (κ1) is 12.2. The lowest BCUT2D eigenvalue weighted by Gasteiger charge is -2.18. The van der Waals surface area contributed by atoms with E-state index in [-0.39, 0.29) is 5.78 Å². The van der Waals surface area contributed by atoms with E-state index in [0.717, 1.165) is 30.6 Å². The van der Waals surface area contributed by atoms with Gasteiger partial charge in [-0.15, -0.1) is 0 Å². The highest BCUT2D eigenvalue weighted by Gasteiger charge is 2.13. The number of benzene rings is 2. The molecular weight excluding hydrogens is 258 g/mol. The van der Waals surface area contributed by atoms with Crippen molar-refractivity contribution in [1.82, 2.24) is 0 Å². The average molecular weight is 272 g/mol. The maximum absolute atomic E-state index is 12.4. The van der Waals surface area contributed by atoms with Crippen LogP contribution in [0.5, 0.6) is 0 Å². The van der Waals surface area contributed by atoms with Crippen LogP contribution in [0.25, 0.3) is 0 Å². The number of carbonyl (C=O) groups excluding carboxylic acids is 1. The van der Waals surface area contributed by atoms with Gasteiger partial charge < -0.3 is 5.32 Å². The highest BCUT2D eigenvalue weighted by Crippen LogP contribution is 2.24. The molecular formula is C16H14ClNO. The predicted octanol–water partition coefficient (Wildman–Crippen LogP) is 3.93. The zero-order valence-electron chi connectivity index (χ0n) is 10.4. The van der Waals surface area contributed by atoms with Crippen molar-refractivity contribution in [3.63, 3.8) is 0 Å². The zero-order valence-corrected chi connectivity index (χ0v) is 11.2. The number of fused-ring (bicyclic) bond motifs is 1. The van der Waals surface area contributed by atoms with Gasteiger partial charge >= 0.3 is 0 Å². The summed E-state index contributed by atoms with van der Waals surface area (Å²) >= 11 is 5.84. The van der Waals surface area contributed by atoms with Crippen LogP contribution in [0.3, 0.4) is 0 Å². The molecule has 96 valence electrons. The summed E-state index contributed by atoms with van der Waals surface area (Å²) < 4.78 is 0. The predicted molar refractivity (Wildman–Crippen MR) is 78.1 cm³/mol. The summed E-state index contributed by atoms with van der Waals surface area (Å²) in [5.74, 6) is 0.0463. The fourth-order valence-corrected chi connectivity index (χ4v) is 2.51. The van der Waals surface area contributed by atoms with E-state index in [9.17, 15) is 4.79 Å². The Labute approximate surface area is 117 Å². The van der Waals surface area contributed by atoms with Crippen LogP contribution in [-0.2, 0) is 6.42 Å². The number of aryl methyl sites for hydroxylation is 1. The third kappa shape index (κ3) is 2.49. The molecule has 3 rings (SSSR count). The zero-order chi connectivity index (χ0) is 13.2. The molecule has 0 aliphatic carbocycles. The highest BCUT2D eigenvalue weighted by atomic mass is 35.5. The van der Waals surface area contributed by atoms with Crippen LogP contribution >= 0.6 is 11.6 Å². The SMILES string of the molecule is O=C(c1ccc(Cl)cc1)c1ccc2c(c1)CCCN2. The molecule has 0 unspecified atom stereocenters. The monoisotopic (exact) mass is 271 g/mol. The normalized spacial score (nSPS) is 13.5. The van der Waals surface area contributed by atoms with Gasteiger partial charge in [-0.3, -0.25) is 4.79 Å². The Hall–Kier alpha value is -1.80. The van der Waals surface area contributed by atoms with Crippen LogP contribution in [0.1, 0.15) is 27.9 Å². The van der Waals surface area contributed by atoms with Gasteiger partial charge in [0.25, 0.3) is 0 Å². The first-order valence-corrected chi connectivity index (χ1v) is 6.79. The van der Waals surface area contributed by atoms with Gasteiger partial charge in [-0.1, -0.05) is 11.6 Å². The molecule has 0 saturated heterocycles. The van der Waals surface area contributed by atoms with Crippen LogP contribution in [0.2, 0.25) is 5.02 Å². The molecule has 0 amide bonds. The molecule has 3 heteroatoms. The molecule has 1 aliphatic heterocycles. The van der Waals surface area contributed by atoms with E-state index < -0.39 is 0 Å². The maximum atomic E-state index is 12.4. The number of halogens is 1. The van der Waals surface area contributed by atoms with E-state index in [2.05, 4.69) is 5.32 Å². The van der Waals surface area contributed by atoms with Crippen molar-refractivity contribution in [2.75, 3.05) is 11.9 Å². The molecule has 2 aromatic rings. The van der Waals surface area contributed by atoms with Crippen LogP contribution in [-0.4, -0.2) is 12.3 Å². The average Bonchev–Trinajstić information content (AvgIpc) is 2.47. The Morgan fingerprint density at radius 3 is 2.58 bits per heavy atom. The lowest BCUT2D eigenvalue weighted by molar-refractivity contribution is 0.103. The molecule has 0 fully saturated rings. The second-order valence-corrected chi connectivity index (χ2v) is 5.17. The highest BCUT2D eigenvalue weighted by molar-refractivity contribution is 6.30. The standard InChI is InChI=1S/C16H14ClNO/c17-14-6-3-11(4-7-14)16(19)13-5-8-15-12(10-13)2-1-9-18-15/h3-8,10,18H,1-2,9H2. The van der Waals surface area contributed by atoms with Crippen molar-refractivity contribution >= 4 is 23.1 Å². The van der Waals surface area contributed by atoms with Gasteiger partial charge in [0, 0.05) is 28.4 Å². The van der Waals surface area contributed by atoms with E-state index in [1.165, 1.54) is 5.56 Å². The molecule has 1 heterocycles. The fourth-order valence-electron chi connectivity index (χ4n) is 2.38. The topological polar surface area (TPSA) is 29.1 Å². The minimum absolute atomic E-state index is 0.0463. The molecule has 2 aromatic carbocycles. The summed E-state index contributed by atoms with van der Waals surface area (Å²) in [6, 6.07) is 12.9. The van der Waals surface area contributed by atoms with Crippen LogP contribution in [0, 0.1) is 0 Å². The fraction of sp³-hybridized carbons (Fsp3) is 0.188. The van der Waals surface area contributed by atoms with Gasteiger partial charge in [-0.25, -0.2) is 0 Å². The molecule has 0 atom stereocenters. The van der Waals surface area contributed by atoms with Gasteiger partial charge in [-0.05, 0) is 60.9 Å². The Bertz CT molecular complexity index is 619. The largest absolute Gasteiger partial charge is 0.385 e. The summed E-state index contributed by atoms with van der Waals surface area (Å²) in [6.07, 6.45) is 2.15. The number of anilines is 1. The summed E-state index contributed by atoms with van der Waals surface area (Å²) in [7, 11) is 0. The molecule has 0 radical (unpaired) electrons. The Morgan fingerprint density at radius 1 is 1.05 bits per heavy atom. The molecule has 1 aliphatic rings. The van der Waals surface area contributed by atoms with Gasteiger partial charge in [-0.2, -0.15) is 0 Å². The summed E-state index contributed by atoms with van der Waals surface area (Å²) in [5, 5.41) is 3.99. The lowest BCUT2D eigenvalue weighted by atomic mass is 9.97. The Morgan fingerprint density at radius 2 is 1.79 bits per heavy atom. The third-order valence-electron chi connectivity index (χ3n) is 3.41. The molecule has 0 spiro atoms. The van der Waals surface area contributed by atoms with E-state index in [0.29, 0.717) is 10.6 Å². The summed E-state index contributed by atoms with van der Waals surface area (Å²) in [5.41, 5.74) is 3.79. The molecule has 0 aromatic heterocycles. The van der Waals surface area contributed by atoms with Gasteiger partial charge in [0.15, 0.2) is 5.78 Å².